The number of rotatable bonds is 3. The van der Waals surface area contributed by atoms with Gasteiger partial charge in [0.1, 0.15) is 0 Å². The van der Waals surface area contributed by atoms with E-state index in [1.165, 1.54) is 0 Å². The lowest BCUT2D eigenvalue weighted by atomic mass is 9.97. The summed E-state index contributed by atoms with van der Waals surface area (Å²) < 4.78 is 39.3. The Kier molecular flexibility index (Phi) is 3.55. The molecule has 98 valence electrons. The van der Waals surface area contributed by atoms with Crippen LogP contribution in [0.15, 0.2) is 36.4 Å². The first-order valence-corrected chi connectivity index (χ1v) is 5.50. The Balaban J connectivity index is 2.56. The van der Waals surface area contributed by atoms with Crippen LogP contribution in [0.5, 0.6) is 0 Å². The van der Waals surface area contributed by atoms with Crippen LogP contribution < -0.4 is 5.73 Å². The molecule has 0 saturated carbocycles. The maximum atomic E-state index is 13.2. The second-order valence-corrected chi connectivity index (χ2v) is 4.05. The van der Waals surface area contributed by atoms with Crippen molar-refractivity contribution in [3.63, 3.8) is 0 Å². The van der Waals surface area contributed by atoms with Gasteiger partial charge in [0.2, 0.25) is 5.91 Å². The van der Waals surface area contributed by atoms with Crippen molar-refractivity contribution in [1.82, 2.24) is 0 Å². The molecule has 2 N–H and O–H groups in total. The maximum Gasteiger partial charge on any atom is 0.221 e. The Hall–Kier alpha value is -2.30. The van der Waals surface area contributed by atoms with Crippen molar-refractivity contribution >= 4 is 5.91 Å². The third-order valence-corrected chi connectivity index (χ3v) is 2.68. The molecule has 0 aliphatic rings. The summed E-state index contributed by atoms with van der Waals surface area (Å²) in [5, 5.41) is 0. The summed E-state index contributed by atoms with van der Waals surface area (Å²) in [5.41, 5.74) is 6.24. The highest BCUT2D eigenvalue weighted by molar-refractivity contribution is 5.80. The molecule has 0 unspecified atom stereocenters. The van der Waals surface area contributed by atoms with E-state index in [0.29, 0.717) is 11.1 Å². The first-order chi connectivity index (χ1) is 8.99. The number of amides is 1. The molecule has 0 bridgehead atoms. The summed E-state index contributed by atoms with van der Waals surface area (Å²) in [5.74, 6) is -4.63. The van der Waals surface area contributed by atoms with Gasteiger partial charge in [-0.25, -0.2) is 13.2 Å². The molecule has 2 aromatic rings. The van der Waals surface area contributed by atoms with Crippen LogP contribution in [0.4, 0.5) is 13.2 Å². The number of hydrogen-bond acceptors (Lipinski definition) is 1. The summed E-state index contributed by atoms with van der Waals surface area (Å²) in [7, 11) is 0. The van der Waals surface area contributed by atoms with E-state index < -0.39 is 23.4 Å². The summed E-state index contributed by atoms with van der Waals surface area (Å²) in [6.07, 6.45) is -0.0587. The molecule has 0 radical (unpaired) electrons. The molecule has 5 heteroatoms. The van der Waals surface area contributed by atoms with E-state index in [-0.39, 0.29) is 12.0 Å². The third-order valence-electron chi connectivity index (χ3n) is 2.68. The zero-order chi connectivity index (χ0) is 14.0. The number of halogens is 3. The monoisotopic (exact) mass is 265 g/mol. The fourth-order valence-electron chi connectivity index (χ4n) is 1.85. The Morgan fingerprint density at radius 1 is 1.05 bits per heavy atom. The van der Waals surface area contributed by atoms with Gasteiger partial charge < -0.3 is 5.73 Å². The van der Waals surface area contributed by atoms with Crippen LogP contribution in [0, 0.1) is 17.5 Å². The molecule has 0 aliphatic carbocycles. The second-order valence-electron chi connectivity index (χ2n) is 4.05. The van der Waals surface area contributed by atoms with Crippen molar-refractivity contribution in [2.45, 2.75) is 6.42 Å². The topological polar surface area (TPSA) is 43.1 Å². The highest BCUT2D eigenvalue weighted by Crippen LogP contribution is 2.27. The average molecular weight is 265 g/mol. The average Bonchev–Trinajstić information content (AvgIpc) is 2.35. The van der Waals surface area contributed by atoms with E-state index in [9.17, 15) is 18.0 Å². The van der Waals surface area contributed by atoms with E-state index in [1.807, 2.05) is 0 Å². The molecule has 0 heterocycles. The van der Waals surface area contributed by atoms with Crippen molar-refractivity contribution in [2.75, 3.05) is 0 Å². The summed E-state index contributed by atoms with van der Waals surface area (Å²) in [4.78, 5) is 11.0. The van der Waals surface area contributed by atoms with Gasteiger partial charge in [-0.05, 0) is 28.8 Å². The number of nitrogens with two attached hydrogens (primary N) is 1. The van der Waals surface area contributed by atoms with Crippen LogP contribution in [0.2, 0.25) is 0 Å². The molecule has 2 nitrogen and oxygen atoms in total. The molecular formula is C14H10F3NO. The van der Waals surface area contributed by atoms with Gasteiger partial charge in [-0.15, -0.1) is 0 Å². The molecule has 0 fully saturated rings. The number of carbonyl (C=O) groups is 1. The number of primary amides is 1. The molecule has 0 atom stereocenters. The predicted molar refractivity (Wildman–Crippen MR) is 64.7 cm³/mol. The first-order valence-electron chi connectivity index (χ1n) is 5.50. The Bertz CT molecular complexity index is 617. The number of hydrogen-bond donors (Lipinski definition) is 1. The first kappa shape index (κ1) is 13.1. The Morgan fingerprint density at radius 2 is 1.63 bits per heavy atom. The molecule has 1 amide bonds. The fourth-order valence-corrected chi connectivity index (χ4v) is 1.85. The van der Waals surface area contributed by atoms with Gasteiger partial charge in [0.25, 0.3) is 0 Å². The normalized spacial score (nSPS) is 10.5. The van der Waals surface area contributed by atoms with E-state index in [0.717, 1.165) is 12.1 Å². The van der Waals surface area contributed by atoms with Crippen LogP contribution in [0.25, 0.3) is 11.1 Å². The molecule has 0 aliphatic heterocycles. The van der Waals surface area contributed by atoms with E-state index >= 15 is 0 Å². The van der Waals surface area contributed by atoms with Crippen LogP contribution in [0.1, 0.15) is 5.56 Å². The maximum absolute atomic E-state index is 13.2. The highest BCUT2D eigenvalue weighted by atomic mass is 19.2. The SMILES string of the molecule is NC(=O)Cc1ccccc1-c1cc(F)c(F)c(F)c1. The van der Waals surface area contributed by atoms with Crippen LogP contribution in [0.3, 0.4) is 0 Å². The molecular weight excluding hydrogens is 255 g/mol. The van der Waals surface area contributed by atoms with E-state index in [1.54, 1.807) is 24.3 Å². The predicted octanol–water partition coefficient (Wildman–Crippen LogP) is 2.80. The lowest BCUT2D eigenvalue weighted by Crippen LogP contribution is -2.14. The van der Waals surface area contributed by atoms with Gasteiger partial charge in [0.05, 0.1) is 6.42 Å². The molecule has 0 aromatic heterocycles. The quantitative estimate of drug-likeness (QED) is 0.852. The zero-order valence-corrected chi connectivity index (χ0v) is 9.79. The molecule has 2 aromatic carbocycles. The minimum absolute atomic E-state index is 0.0587. The molecule has 0 spiro atoms. The Morgan fingerprint density at radius 3 is 2.21 bits per heavy atom. The van der Waals surface area contributed by atoms with Crippen molar-refractivity contribution in [2.24, 2.45) is 5.73 Å². The third kappa shape index (κ3) is 2.76. The summed E-state index contributed by atoms with van der Waals surface area (Å²) in [6.45, 7) is 0. The summed E-state index contributed by atoms with van der Waals surface area (Å²) in [6, 6.07) is 8.32. The summed E-state index contributed by atoms with van der Waals surface area (Å²) >= 11 is 0. The van der Waals surface area contributed by atoms with Gasteiger partial charge in [-0.3, -0.25) is 4.79 Å². The number of benzene rings is 2. The minimum atomic E-state index is -1.52. The molecule has 2 rings (SSSR count). The van der Waals surface area contributed by atoms with Gasteiger partial charge in [0.15, 0.2) is 17.5 Å². The number of carbonyl (C=O) groups excluding carboxylic acids is 1. The van der Waals surface area contributed by atoms with Crippen molar-refractivity contribution in [1.29, 1.82) is 0 Å². The van der Waals surface area contributed by atoms with Gasteiger partial charge in [-0.1, -0.05) is 24.3 Å². The second kappa shape index (κ2) is 5.14. The van der Waals surface area contributed by atoms with Crippen LogP contribution in [-0.2, 0) is 11.2 Å². The molecule has 19 heavy (non-hydrogen) atoms. The van der Waals surface area contributed by atoms with Gasteiger partial charge >= 0.3 is 0 Å². The van der Waals surface area contributed by atoms with Gasteiger partial charge in [0, 0.05) is 0 Å². The lowest BCUT2D eigenvalue weighted by Gasteiger charge is -2.09. The van der Waals surface area contributed by atoms with Crippen LogP contribution in [-0.4, -0.2) is 5.91 Å². The standard InChI is InChI=1S/C14H10F3NO/c15-11-5-9(6-12(16)14(11)17)10-4-2-1-3-8(10)7-13(18)19/h1-6H,7H2,(H2,18,19). The van der Waals surface area contributed by atoms with E-state index in [4.69, 9.17) is 5.73 Å². The largest absolute Gasteiger partial charge is 0.369 e. The smallest absolute Gasteiger partial charge is 0.221 e. The Labute approximate surface area is 107 Å². The van der Waals surface area contributed by atoms with Crippen molar-refractivity contribution < 1.29 is 18.0 Å². The fraction of sp³-hybridized carbons (Fsp3) is 0.0714. The van der Waals surface area contributed by atoms with E-state index in [2.05, 4.69) is 0 Å². The van der Waals surface area contributed by atoms with Crippen molar-refractivity contribution in [3.05, 3.63) is 59.4 Å². The molecule has 0 saturated heterocycles. The lowest BCUT2D eigenvalue weighted by molar-refractivity contribution is -0.117. The van der Waals surface area contributed by atoms with Crippen LogP contribution >= 0.6 is 0 Å². The minimum Gasteiger partial charge on any atom is -0.369 e. The zero-order valence-electron chi connectivity index (χ0n) is 9.79. The highest BCUT2D eigenvalue weighted by Gasteiger charge is 2.14. The van der Waals surface area contributed by atoms with Crippen molar-refractivity contribution in [3.8, 4) is 11.1 Å². The van der Waals surface area contributed by atoms with Gasteiger partial charge in [-0.2, -0.15) is 0 Å².